The second-order valence-corrected chi connectivity index (χ2v) is 7.79. The van der Waals surface area contributed by atoms with Crippen molar-refractivity contribution in [2.45, 2.75) is 50.8 Å². The molecule has 0 bridgehead atoms. The number of rotatable bonds is 5. The van der Waals surface area contributed by atoms with Gasteiger partial charge in [0.05, 0.1) is 0 Å². The van der Waals surface area contributed by atoms with Crippen LogP contribution in [0.15, 0.2) is 30.6 Å². The molecule has 162 valence electrons. The predicted molar refractivity (Wildman–Crippen MR) is 103 cm³/mol. The molecule has 1 aromatic heterocycles. The van der Waals surface area contributed by atoms with Crippen molar-refractivity contribution in [3.63, 3.8) is 0 Å². The van der Waals surface area contributed by atoms with Crippen LogP contribution in [0.4, 0.5) is 19.1 Å². The van der Waals surface area contributed by atoms with E-state index in [9.17, 15) is 18.0 Å². The van der Waals surface area contributed by atoms with E-state index >= 15 is 0 Å². The van der Waals surface area contributed by atoms with Crippen molar-refractivity contribution in [1.82, 2.24) is 19.7 Å². The minimum Gasteiger partial charge on any atom is -0.481 e. The molecule has 4 rings (SSSR count). The Morgan fingerprint density at radius 2 is 1.93 bits per heavy atom. The van der Waals surface area contributed by atoms with E-state index in [1.807, 2.05) is 0 Å². The molecule has 1 saturated heterocycles. The first-order valence-corrected chi connectivity index (χ1v) is 10.1. The summed E-state index contributed by atoms with van der Waals surface area (Å²) in [5, 5.41) is 7.14. The van der Waals surface area contributed by atoms with Gasteiger partial charge in [-0.2, -0.15) is 10.1 Å². The molecule has 1 unspecified atom stereocenters. The standard InChI is InChI=1S/C20H24F3N5O2/c1-12(30-15-4-2-14(21)3-5-15)19(29)27-8-6-13(7-9-27)16-10-17(18(22)23)28-20(26-16)24-11-25-28/h2-5,11-13,16-18H,6-10H2,1H3,(H,24,25,26)/t12?,16-,17+/m0/s1. The van der Waals surface area contributed by atoms with E-state index in [4.69, 9.17) is 4.74 Å². The molecule has 7 nitrogen and oxygen atoms in total. The molecule has 0 saturated carbocycles. The third kappa shape index (κ3) is 4.22. The summed E-state index contributed by atoms with van der Waals surface area (Å²) in [4.78, 5) is 18.5. The zero-order chi connectivity index (χ0) is 21.3. The second-order valence-electron chi connectivity index (χ2n) is 7.79. The highest BCUT2D eigenvalue weighted by Gasteiger charge is 2.39. The molecule has 2 aliphatic heterocycles. The summed E-state index contributed by atoms with van der Waals surface area (Å²) in [5.41, 5.74) is 0. The van der Waals surface area contributed by atoms with E-state index in [0.29, 0.717) is 37.6 Å². The van der Waals surface area contributed by atoms with Crippen molar-refractivity contribution >= 4 is 11.9 Å². The zero-order valence-electron chi connectivity index (χ0n) is 16.5. The average molecular weight is 423 g/mol. The molecule has 1 amide bonds. The number of ether oxygens (including phenoxy) is 1. The Morgan fingerprint density at radius 1 is 1.23 bits per heavy atom. The lowest BCUT2D eigenvalue weighted by Gasteiger charge is -2.40. The van der Waals surface area contributed by atoms with E-state index in [-0.39, 0.29) is 30.1 Å². The van der Waals surface area contributed by atoms with Crippen molar-refractivity contribution in [1.29, 1.82) is 0 Å². The van der Waals surface area contributed by atoms with Gasteiger partial charge in [-0.1, -0.05) is 0 Å². The number of alkyl halides is 2. The number of piperidine rings is 1. The Morgan fingerprint density at radius 3 is 2.60 bits per heavy atom. The molecule has 1 N–H and O–H groups in total. The fraction of sp³-hybridized carbons (Fsp3) is 0.550. The van der Waals surface area contributed by atoms with Crippen molar-refractivity contribution in [2.24, 2.45) is 5.92 Å². The summed E-state index contributed by atoms with van der Waals surface area (Å²) >= 11 is 0. The number of likely N-dealkylation sites (tertiary alicyclic amines) is 1. The van der Waals surface area contributed by atoms with Crippen LogP contribution >= 0.6 is 0 Å². The molecule has 30 heavy (non-hydrogen) atoms. The summed E-state index contributed by atoms with van der Waals surface area (Å²) in [6, 6.07) is 4.41. The Hall–Kier alpha value is -2.78. The van der Waals surface area contributed by atoms with Gasteiger partial charge in [-0.15, -0.1) is 0 Å². The van der Waals surface area contributed by atoms with E-state index in [2.05, 4.69) is 15.4 Å². The third-order valence-corrected chi connectivity index (χ3v) is 5.88. The molecule has 1 aromatic carbocycles. The first-order valence-electron chi connectivity index (χ1n) is 10.1. The van der Waals surface area contributed by atoms with Crippen LogP contribution < -0.4 is 10.1 Å². The van der Waals surface area contributed by atoms with Gasteiger partial charge in [-0.25, -0.2) is 17.9 Å². The van der Waals surface area contributed by atoms with Gasteiger partial charge in [-0.05, 0) is 56.4 Å². The Balaban J connectivity index is 1.32. The van der Waals surface area contributed by atoms with Gasteiger partial charge in [0.15, 0.2) is 6.10 Å². The molecular weight excluding hydrogens is 399 g/mol. The number of benzene rings is 1. The van der Waals surface area contributed by atoms with Crippen molar-refractivity contribution in [3.8, 4) is 5.75 Å². The number of hydrogen-bond donors (Lipinski definition) is 1. The number of nitrogens with zero attached hydrogens (tertiary/aromatic N) is 4. The van der Waals surface area contributed by atoms with Gasteiger partial charge in [0.1, 0.15) is 23.9 Å². The summed E-state index contributed by atoms with van der Waals surface area (Å²) in [6.07, 6.45) is -0.239. The van der Waals surface area contributed by atoms with Crippen molar-refractivity contribution in [3.05, 3.63) is 36.4 Å². The van der Waals surface area contributed by atoms with Crippen LogP contribution in [-0.2, 0) is 4.79 Å². The number of carbonyl (C=O) groups excluding carboxylic acids is 1. The van der Waals surface area contributed by atoms with E-state index < -0.39 is 18.6 Å². The highest BCUT2D eigenvalue weighted by atomic mass is 19.3. The van der Waals surface area contributed by atoms with E-state index in [1.165, 1.54) is 35.3 Å². The highest BCUT2D eigenvalue weighted by molar-refractivity contribution is 5.81. The van der Waals surface area contributed by atoms with Crippen LogP contribution in [0.1, 0.15) is 32.2 Å². The minimum atomic E-state index is -2.51. The maximum absolute atomic E-state index is 13.5. The number of carbonyl (C=O) groups is 1. The van der Waals surface area contributed by atoms with Crippen LogP contribution in [0.5, 0.6) is 5.75 Å². The van der Waals surface area contributed by atoms with E-state index in [0.717, 1.165) is 0 Å². The van der Waals surface area contributed by atoms with Gasteiger partial charge in [0.25, 0.3) is 12.3 Å². The molecule has 0 radical (unpaired) electrons. The molecule has 0 aliphatic carbocycles. The topological polar surface area (TPSA) is 72.3 Å². The Bertz CT molecular complexity index is 868. The fourth-order valence-electron chi connectivity index (χ4n) is 4.25. The van der Waals surface area contributed by atoms with Gasteiger partial charge in [-0.3, -0.25) is 4.79 Å². The highest BCUT2D eigenvalue weighted by Crippen LogP contribution is 2.35. The molecule has 3 atom stereocenters. The summed E-state index contributed by atoms with van der Waals surface area (Å²) in [7, 11) is 0. The zero-order valence-corrected chi connectivity index (χ0v) is 16.5. The van der Waals surface area contributed by atoms with Crippen molar-refractivity contribution in [2.75, 3.05) is 18.4 Å². The van der Waals surface area contributed by atoms with Crippen LogP contribution in [0, 0.1) is 11.7 Å². The summed E-state index contributed by atoms with van der Waals surface area (Å²) in [6.45, 7) is 2.73. The molecule has 2 aromatic rings. The lowest BCUT2D eigenvalue weighted by molar-refractivity contribution is -0.139. The van der Waals surface area contributed by atoms with Gasteiger partial charge in [0.2, 0.25) is 5.95 Å². The number of anilines is 1. The number of halogens is 3. The second kappa shape index (κ2) is 8.53. The number of fused-ring (bicyclic) bond motifs is 1. The molecule has 10 heteroatoms. The SMILES string of the molecule is CC(Oc1ccc(F)cc1)C(=O)N1CCC([C@@H]2C[C@H](C(F)F)n3ncnc3N2)CC1. The maximum Gasteiger partial charge on any atom is 0.263 e. The third-order valence-electron chi connectivity index (χ3n) is 5.88. The van der Waals surface area contributed by atoms with Gasteiger partial charge < -0.3 is 15.0 Å². The Kier molecular flexibility index (Phi) is 5.83. The van der Waals surface area contributed by atoms with Gasteiger partial charge >= 0.3 is 0 Å². The predicted octanol–water partition coefficient (Wildman–Crippen LogP) is 3.11. The molecule has 2 aliphatic rings. The first-order chi connectivity index (χ1) is 14.4. The molecule has 1 fully saturated rings. The normalized spacial score (nSPS) is 23.0. The van der Waals surface area contributed by atoms with Crippen LogP contribution in [0.25, 0.3) is 0 Å². The van der Waals surface area contributed by atoms with Crippen LogP contribution in [0.3, 0.4) is 0 Å². The van der Waals surface area contributed by atoms with E-state index in [1.54, 1.807) is 11.8 Å². The quantitative estimate of drug-likeness (QED) is 0.800. The average Bonchev–Trinajstić information content (AvgIpc) is 3.22. The number of hydrogen-bond acceptors (Lipinski definition) is 5. The summed E-state index contributed by atoms with van der Waals surface area (Å²) < 4.78 is 46.8. The number of nitrogens with one attached hydrogen (secondary N) is 1. The molecular formula is C20H24F3N5O2. The fourth-order valence-corrected chi connectivity index (χ4v) is 4.25. The number of amides is 1. The lowest BCUT2D eigenvalue weighted by Crippen LogP contribution is -2.48. The lowest BCUT2D eigenvalue weighted by atomic mass is 9.85. The van der Waals surface area contributed by atoms with Crippen molar-refractivity contribution < 1.29 is 22.7 Å². The summed E-state index contributed by atoms with van der Waals surface area (Å²) in [5.74, 6) is 0.456. The van der Waals surface area contributed by atoms with Crippen LogP contribution in [-0.4, -0.2) is 57.2 Å². The monoisotopic (exact) mass is 423 g/mol. The van der Waals surface area contributed by atoms with Gasteiger partial charge in [0, 0.05) is 19.1 Å². The molecule has 0 spiro atoms. The maximum atomic E-state index is 13.5. The minimum absolute atomic E-state index is 0.133. The number of aromatic nitrogens is 3. The largest absolute Gasteiger partial charge is 0.481 e. The smallest absolute Gasteiger partial charge is 0.263 e. The van der Waals surface area contributed by atoms with Crippen LogP contribution in [0.2, 0.25) is 0 Å². The molecule has 3 heterocycles. The Labute approximate surface area is 172 Å². The first kappa shape index (κ1) is 20.5.